The molecule has 0 aliphatic heterocycles. The number of ether oxygens (including phenoxy) is 1. The zero-order valence-corrected chi connectivity index (χ0v) is 13.4. The molecular weight excluding hydrogens is 290 g/mol. The SMILES string of the molecule is COc1ccc(-c2cc(Sc3ccccc3)ccn2)c(C)c1. The van der Waals surface area contributed by atoms with Crippen LogP contribution in [0.4, 0.5) is 0 Å². The van der Waals surface area contributed by atoms with Gasteiger partial charge < -0.3 is 4.74 Å². The van der Waals surface area contributed by atoms with E-state index in [1.165, 1.54) is 9.79 Å². The van der Waals surface area contributed by atoms with Crippen molar-refractivity contribution in [1.29, 1.82) is 0 Å². The Morgan fingerprint density at radius 1 is 0.909 bits per heavy atom. The maximum absolute atomic E-state index is 5.26. The normalized spacial score (nSPS) is 10.5. The number of methoxy groups -OCH3 is 1. The fourth-order valence-electron chi connectivity index (χ4n) is 2.30. The maximum atomic E-state index is 5.26. The molecule has 0 amide bonds. The second kappa shape index (κ2) is 6.67. The summed E-state index contributed by atoms with van der Waals surface area (Å²) >= 11 is 1.75. The minimum absolute atomic E-state index is 0.871. The summed E-state index contributed by atoms with van der Waals surface area (Å²) in [7, 11) is 1.68. The van der Waals surface area contributed by atoms with Gasteiger partial charge >= 0.3 is 0 Å². The summed E-state index contributed by atoms with van der Waals surface area (Å²) in [6.45, 7) is 2.08. The summed E-state index contributed by atoms with van der Waals surface area (Å²) in [6.07, 6.45) is 1.87. The third-order valence-corrected chi connectivity index (χ3v) is 4.42. The van der Waals surface area contributed by atoms with Crippen molar-refractivity contribution in [2.24, 2.45) is 0 Å². The molecule has 3 heteroatoms. The zero-order valence-electron chi connectivity index (χ0n) is 12.6. The maximum Gasteiger partial charge on any atom is 0.119 e. The Kier molecular flexibility index (Phi) is 4.45. The number of pyridine rings is 1. The highest BCUT2D eigenvalue weighted by Gasteiger charge is 2.06. The second-order valence-corrected chi connectivity index (χ2v) is 6.12. The molecule has 1 heterocycles. The molecule has 3 aromatic rings. The summed E-state index contributed by atoms with van der Waals surface area (Å²) < 4.78 is 5.26. The van der Waals surface area contributed by atoms with E-state index in [-0.39, 0.29) is 0 Å². The van der Waals surface area contributed by atoms with E-state index < -0.39 is 0 Å². The van der Waals surface area contributed by atoms with Crippen LogP contribution in [-0.2, 0) is 0 Å². The molecule has 22 heavy (non-hydrogen) atoms. The van der Waals surface area contributed by atoms with Gasteiger partial charge in [0.05, 0.1) is 12.8 Å². The Morgan fingerprint density at radius 3 is 2.45 bits per heavy atom. The van der Waals surface area contributed by atoms with Gasteiger partial charge in [-0.3, -0.25) is 4.98 Å². The van der Waals surface area contributed by atoms with Gasteiger partial charge in [-0.15, -0.1) is 0 Å². The van der Waals surface area contributed by atoms with Crippen molar-refractivity contribution in [2.75, 3.05) is 7.11 Å². The Labute approximate surface area is 135 Å². The van der Waals surface area contributed by atoms with Gasteiger partial charge in [-0.05, 0) is 55.0 Å². The Balaban J connectivity index is 1.91. The van der Waals surface area contributed by atoms with E-state index in [9.17, 15) is 0 Å². The first-order chi connectivity index (χ1) is 10.8. The predicted octanol–water partition coefficient (Wildman–Crippen LogP) is 5.22. The lowest BCUT2D eigenvalue weighted by molar-refractivity contribution is 0.414. The number of benzene rings is 2. The van der Waals surface area contributed by atoms with E-state index in [2.05, 4.69) is 48.3 Å². The number of rotatable bonds is 4. The van der Waals surface area contributed by atoms with Crippen molar-refractivity contribution >= 4 is 11.8 Å². The molecule has 0 aliphatic carbocycles. The number of hydrogen-bond donors (Lipinski definition) is 0. The Bertz CT molecular complexity index is 771. The van der Waals surface area contributed by atoms with Crippen molar-refractivity contribution < 1.29 is 4.74 Å². The van der Waals surface area contributed by atoms with Crippen molar-refractivity contribution in [2.45, 2.75) is 16.7 Å². The van der Waals surface area contributed by atoms with Crippen LogP contribution in [0.5, 0.6) is 5.75 Å². The molecule has 0 unspecified atom stereocenters. The molecule has 0 saturated heterocycles. The first-order valence-electron chi connectivity index (χ1n) is 7.10. The number of hydrogen-bond acceptors (Lipinski definition) is 3. The van der Waals surface area contributed by atoms with E-state index in [4.69, 9.17) is 4.74 Å². The minimum Gasteiger partial charge on any atom is -0.497 e. The van der Waals surface area contributed by atoms with Crippen LogP contribution in [0.1, 0.15) is 5.56 Å². The summed E-state index contributed by atoms with van der Waals surface area (Å²) in [5.41, 5.74) is 3.28. The number of aromatic nitrogens is 1. The van der Waals surface area contributed by atoms with Gasteiger partial charge in [-0.1, -0.05) is 30.0 Å². The Hall–Kier alpha value is -2.26. The molecule has 3 rings (SSSR count). The van der Waals surface area contributed by atoms with E-state index in [0.717, 1.165) is 22.6 Å². The van der Waals surface area contributed by atoms with Crippen molar-refractivity contribution in [1.82, 2.24) is 4.98 Å². The zero-order chi connectivity index (χ0) is 15.4. The molecule has 0 spiro atoms. The lowest BCUT2D eigenvalue weighted by atomic mass is 10.0. The predicted molar refractivity (Wildman–Crippen MR) is 91.5 cm³/mol. The third-order valence-electron chi connectivity index (χ3n) is 3.42. The monoisotopic (exact) mass is 307 g/mol. The smallest absolute Gasteiger partial charge is 0.119 e. The fraction of sp³-hybridized carbons (Fsp3) is 0.105. The molecule has 2 nitrogen and oxygen atoms in total. The van der Waals surface area contributed by atoms with Crippen LogP contribution in [0.25, 0.3) is 11.3 Å². The molecule has 0 atom stereocenters. The highest BCUT2D eigenvalue weighted by molar-refractivity contribution is 7.99. The third kappa shape index (κ3) is 3.31. The topological polar surface area (TPSA) is 22.1 Å². The lowest BCUT2D eigenvalue weighted by Gasteiger charge is -2.09. The molecule has 0 aliphatic rings. The second-order valence-electron chi connectivity index (χ2n) is 4.97. The lowest BCUT2D eigenvalue weighted by Crippen LogP contribution is -1.89. The average molecular weight is 307 g/mol. The van der Waals surface area contributed by atoms with Crippen molar-refractivity contribution in [3.8, 4) is 17.0 Å². The fourth-order valence-corrected chi connectivity index (χ4v) is 3.16. The van der Waals surface area contributed by atoms with Gasteiger partial charge in [-0.2, -0.15) is 0 Å². The summed E-state index contributed by atoms with van der Waals surface area (Å²) in [4.78, 5) is 6.93. The summed E-state index contributed by atoms with van der Waals surface area (Å²) in [5.74, 6) is 0.871. The molecule has 0 N–H and O–H groups in total. The van der Waals surface area contributed by atoms with Gasteiger partial charge in [0.1, 0.15) is 5.75 Å². The molecule has 0 radical (unpaired) electrons. The quantitative estimate of drug-likeness (QED) is 0.660. The van der Waals surface area contributed by atoms with E-state index in [0.29, 0.717) is 0 Å². The van der Waals surface area contributed by atoms with Crippen LogP contribution in [0.3, 0.4) is 0 Å². The highest BCUT2D eigenvalue weighted by atomic mass is 32.2. The van der Waals surface area contributed by atoms with Gasteiger partial charge in [0, 0.05) is 21.6 Å². The van der Waals surface area contributed by atoms with Crippen molar-refractivity contribution in [3.05, 3.63) is 72.4 Å². The molecule has 0 saturated carbocycles. The van der Waals surface area contributed by atoms with Crippen LogP contribution < -0.4 is 4.74 Å². The van der Waals surface area contributed by atoms with Crippen LogP contribution in [0, 0.1) is 6.92 Å². The van der Waals surface area contributed by atoms with E-state index in [1.54, 1.807) is 18.9 Å². The van der Waals surface area contributed by atoms with Gasteiger partial charge in [0.2, 0.25) is 0 Å². The van der Waals surface area contributed by atoms with Crippen LogP contribution in [0.2, 0.25) is 0 Å². The average Bonchev–Trinajstić information content (AvgIpc) is 2.56. The van der Waals surface area contributed by atoms with Gasteiger partial charge in [0.25, 0.3) is 0 Å². The standard InChI is InChI=1S/C19H17NOS/c1-14-12-15(21-2)8-9-18(14)19-13-17(10-11-20-19)22-16-6-4-3-5-7-16/h3-13H,1-2H3. The highest BCUT2D eigenvalue weighted by Crippen LogP contribution is 2.31. The molecule has 0 bridgehead atoms. The first kappa shape index (κ1) is 14.7. The molecule has 1 aromatic heterocycles. The van der Waals surface area contributed by atoms with Gasteiger partial charge in [0.15, 0.2) is 0 Å². The van der Waals surface area contributed by atoms with Crippen LogP contribution in [0.15, 0.2) is 76.7 Å². The Morgan fingerprint density at radius 2 is 1.73 bits per heavy atom. The molecular formula is C19H17NOS. The molecule has 110 valence electrons. The molecule has 0 fully saturated rings. The largest absolute Gasteiger partial charge is 0.497 e. The van der Waals surface area contributed by atoms with Crippen LogP contribution >= 0.6 is 11.8 Å². The minimum atomic E-state index is 0.871. The van der Waals surface area contributed by atoms with Crippen LogP contribution in [-0.4, -0.2) is 12.1 Å². The van der Waals surface area contributed by atoms with E-state index in [1.807, 2.05) is 30.5 Å². The summed E-state index contributed by atoms with van der Waals surface area (Å²) in [6, 6.07) is 20.6. The summed E-state index contributed by atoms with van der Waals surface area (Å²) in [5, 5.41) is 0. The molecule has 2 aromatic carbocycles. The first-order valence-corrected chi connectivity index (χ1v) is 7.92. The van der Waals surface area contributed by atoms with Crippen molar-refractivity contribution in [3.63, 3.8) is 0 Å². The van der Waals surface area contributed by atoms with E-state index >= 15 is 0 Å². The number of aryl methyl sites for hydroxylation is 1. The van der Waals surface area contributed by atoms with Gasteiger partial charge in [-0.25, -0.2) is 0 Å². The number of nitrogens with zero attached hydrogens (tertiary/aromatic N) is 1.